The largest absolute Gasteiger partial charge is 0.495 e. The van der Waals surface area contributed by atoms with Crippen molar-refractivity contribution in [1.82, 2.24) is 4.90 Å². The number of benzene rings is 2. The van der Waals surface area contributed by atoms with E-state index in [0.717, 1.165) is 11.3 Å². The number of para-hydroxylation sites is 3. The van der Waals surface area contributed by atoms with Crippen LogP contribution in [-0.2, 0) is 11.3 Å². The van der Waals surface area contributed by atoms with Crippen molar-refractivity contribution in [3.8, 4) is 17.2 Å². The van der Waals surface area contributed by atoms with E-state index in [9.17, 15) is 4.79 Å². The molecule has 2 aromatic carbocycles. The average molecular weight is 384 g/mol. The highest BCUT2D eigenvalue weighted by Crippen LogP contribution is 2.42. The van der Waals surface area contributed by atoms with Crippen LogP contribution in [0.3, 0.4) is 0 Å². The SMILES string of the molecule is COc1ccccc1NC(=O)N1CCC2(CC1)OCc1cccc(OC)c1O2. The molecule has 4 rings (SSSR count). The van der Waals surface area contributed by atoms with Gasteiger partial charge in [-0.25, -0.2) is 4.79 Å². The minimum atomic E-state index is -0.719. The topological polar surface area (TPSA) is 69.3 Å². The van der Waals surface area contributed by atoms with Gasteiger partial charge in [-0.1, -0.05) is 24.3 Å². The number of methoxy groups -OCH3 is 2. The van der Waals surface area contributed by atoms with E-state index in [2.05, 4.69) is 5.32 Å². The van der Waals surface area contributed by atoms with E-state index in [1.54, 1.807) is 19.1 Å². The van der Waals surface area contributed by atoms with E-state index in [0.29, 0.717) is 49.7 Å². The van der Waals surface area contributed by atoms with Crippen molar-refractivity contribution in [3.63, 3.8) is 0 Å². The number of amides is 2. The Labute approximate surface area is 164 Å². The van der Waals surface area contributed by atoms with E-state index >= 15 is 0 Å². The molecule has 2 heterocycles. The highest BCUT2D eigenvalue weighted by Gasteiger charge is 2.42. The highest BCUT2D eigenvalue weighted by molar-refractivity contribution is 5.91. The molecular formula is C21H24N2O5. The smallest absolute Gasteiger partial charge is 0.321 e. The molecule has 2 amide bonds. The molecule has 148 valence electrons. The summed E-state index contributed by atoms with van der Waals surface area (Å²) in [4.78, 5) is 14.4. The number of fused-ring (bicyclic) bond motifs is 1. The summed E-state index contributed by atoms with van der Waals surface area (Å²) in [5, 5.41) is 2.92. The molecule has 1 fully saturated rings. The molecule has 0 aliphatic carbocycles. The van der Waals surface area contributed by atoms with Crippen molar-refractivity contribution in [2.75, 3.05) is 32.6 Å². The van der Waals surface area contributed by atoms with E-state index < -0.39 is 5.79 Å². The standard InChI is InChI=1S/C21H24N2O5/c1-25-17-8-4-3-7-16(17)22-20(24)23-12-10-21(11-13-23)27-14-15-6-5-9-18(26-2)19(15)28-21/h3-9H,10-14H2,1-2H3,(H,22,24). The molecule has 2 aromatic rings. The third-order valence-electron chi connectivity index (χ3n) is 5.22. The van der Waals surface area contributed by atoms with Crippen molar-refractivity contribution in [3.05, 3.63) is 48.0 Å². The molecular weight excluding hydrogens is 360 g/mol. The molecule has 28 heavy (non-hydrogen) atoms. The minimum absolute atomic E-state index is 0.159. The van der Waals surface area contributed by atoms with Crippen LogP contribution in [-0.4, -0.2) is 44.0 Å². The molecule has 2 aliphatic heterocycles. The third kappa shape index (κ3) is 3.45. The molecule has 0 radical (unpaired) electrons. The van der Waals surface area contributed by atoms with Crippen LogP contribution in [0.15, 0.2) is 42.5 Å². The second-order valence-corrected chi connectivity index (χ2v) is 6.87. The van der Waals surface area contributed by atoms with Gasteiger partial charge in [-0.05, 0) is 18.2 Å². The highest BCUT2D eigenvalue weighted by atomic mass is 16.7. The van der Waals surface area contributed by atoms with Crippen LogP contribution in [0.4, 0.5) is 10.5 Å². The van der Waals surface area contributed by atoms with E-state index in [-0.39, 0.29) is 6.03 Å². The lowest BCUT2D eigenvalue weighted by molar-refractivity contribution is -0.225. The number of urea groups is 1. The number of carbonyl (C=O) groups excluding carboxylic acids is 1. The van der Waals surface area contributed by atoms with Crippen LogP contribution in [0.25, 0.3) is 0 Å². The van der Waals surface area contributed by atoms with Gasteiger partial charge >= 0.3 is 6.03 Å². The first kappa shape index (κ1) is 18.4. The lowest BCUT2D eigenvalue weighted by Gasteiger charge is -2.44. The lowest BCUT2D eigenvalue weighted by Crippen LogP contribution is -2.53. The predicted molar refractivity (Wildman–Crippen MR) is 104 cm³/mol. The third-order valence-corrected chi connectivity index (χ3v) is 5.22. The van der Waals surface area contributed by atoms with Crippen molar-refractivity contribution in [2.24, 2.45) is 0 Å². The van der Waals surface area contributed by atoms with Gasteiger partial charge in [0.2, 0.25) is 5.79 Å². The van der Waals surface area contributed by atoms with Gasteiger partial charge in [-0.2, -0.15) is 0 Å². The summed E-state index contributed by atoms with van der Waals surface area (Å²) in [6.07, 6.45) is 1.17. The van der Waals surface area contributed by atoms with E-state index in [4.69, 9.17) is 18.9 Å². The second kappa shape index (κ2) is 7.59. The fourth-order valence-electron chi connectivity index (χ4n) is 3.62. The number of likely N-dealkylation sites (tertiary alicyclic amines) is 1. The van der Waals surface area contributed by atoms with Gasteiger partial charge in [0.1, 0.15) is 5.75 Å². The maximum absolute atomic E-state index is 12.7. The number of nitrogens with zero attached hydrogens (tertiary/aromatic N) is 1. The maximum Gasteiger partial charge on any atom is 0.321 e. The molecule has 2 aliphatic rings. The Morgan fingerprint density at radius 3 is 2.50 bits per heavy atom. The van der Waals surface area contributed by atoms with Crippen LogP contribution in [0.2, 0.25) is 0 Å². The molecule has 0 aromatic heterocycles. The van der Waals surface area contributed by atoms with Crippen molar-refractivity contribution >= 4 is 11.7 Å². The number of carbonyl (C=O) groups is 1. The Morgan fingerprint density at radius 2 is 1.75 bits per heavy atom. The van der Waals surface area contributed by atoms with Gasteiger partial charge in [-0.15, -0.1) is 0 Å². The first-order chi connectivity index (χ1) is 13.6. The number of hydrogen-bond donors (Lipinski definition) is 1. The first-order valence-corrected chi connectivity index (χ1v) is 9.32. The van der Waals surface area contributed by atoms with Crippen LogP contribution in [0, 0.1) is 0 Å². The fraction of sp³-hybridized carbons (Fsp3) is 0.381. The Balaban J connectivity index is 1.41. The maximum atomic E-state index is 12.7. The summed E-state index contributed by atoms with van der Waals surface area (Å²) in [6, 6.07) is 13.0. The molecule has 1 saturated heterocycles. The Kier molecular flexibility index (Phi) is 5.00. The van der Waals surface area contributed by atoms with Crippen LogP contribution >= 0.6 is 0 Å². The summed E-state index contributed by atoms with van der Waals surface area (Å²) >= 11 is 0. The van der Waals surface area contributed by atoms with Gasteiger partial charge in [0.25, 0.3) is 0 Å². The average Bonchev–Trinajstić information content (AvgIpc) is 2.74. The van der Waals surface area contributed by atoms with Crippen molar-refractivity contribution in [1.29, 1.82) is 0 Å². The zero-order chi connectivity index (χ0) is 19.6. The zero-order valence-corrected chi connectivity index (χ0v) is 16.1. The quantitative estimate of drug-likeness (QED) is 0.875. The minimum Gasteiger partial charge on any atom is -0.495 e. The number of anilines is 1. The normalized spacial score (nSPS) is 17.4. The number of nitrogens with one attached hydrogen (secondary N) is 1. The molecule has 1 spiro atoms. The summed E-state index contributed by atoms with van der Waals surface area (Å²) in [5.41, 5.74) is 1.63. The van der Waals surface area contributed by atoms with E-state index in [1.165, 1.54) is 0 Å². The van der Waals surface area contributed by atoms with Crippen LogP contribution < -0.4 is 19.5 Å². The summed E-state index contributed by atoms with van der Waals surface area (Å²) in [6.45, 7) is 1.54. The molecule has 0 atom stereocenters. The summed E-state index contributed by atoms with van der Waals surface area (Å²) < 4.78 is 23.0. The van der Waals surface area contributed by atoms with Gasteiger partial charge in [0.05, 0.1) is 26.5 Å². The van der Waals surface area contributed by atoms with Gasteiger partial charge in [0.15, 0.2) is 11.5 Å². The van der Waals surface area contributed by atoms with Crippen molar-refractivity contribution < 1.29 is 23.7 Å². The second-order valence-electron chi connectivity index (χ2n) is 6.87. The predicted octanol–water partition coefficient (Wildman–Crippen LogP) is 3.64. The first-order valence-electron chi connectivity index (χ1n) is 9.32. The fourth-order valence-corrected chi connectivity index (χ4v) is 3.62. The molecule has 0 unspecified atom stereocenters. The summed E-state index contributed by atoms with van der Waals surface area (Å²) in [7, 11) is 3.21. The zero-order valence-electron chi connectivity index (χ0n) is 16.1. The number of rotatable bonds is 3. The molecule has 0 bridgehead atoms. The molecule has 7 heteroatoms. The number of ether oxygens (including phenoxy) is 4. The van der Waals surface area contributed by atoms with Gasteiger partial charge < -0.3 is 29.2 Å². The summed E-state index contributed by atoms with van der Waals surface area (Å²) in [5.74, 6) is 1.36. The van der Waals surface area contributed by atoms with E-state index in [1.807, 2.05) is 42.5 Å². The number of piperidine rings is 1. The molecule has 0 saturated carbocycles. The lowest BCUT2D eigenvalue weighted by atomic mass is 10.0. The molecule has 1 N–H and O–H groups in total. The van der Waals surface area contributed by atoms with Crippen LogP contribution in [0.1, 0.15) is 18.4 Å². The van der Waals surface area contributed by atoms with Gasteiger partial charge in [-0.3, -0.25) is 0 Å². The van der Waals surface area contributed by atoms with Crippen LogP contribution in [0.5, 0.6) is 17.2 Å². The molecule has 7 nitrogen and oxygen atoms in total. The Bertz CT molecular complexity index is 847. The Morgan fingerprint density at radius 1 is 1.04 bits per heavy atom. The van der Waals surface area contributed by atoms with Crippen molar-refractivity contribution in [2.45, 2.75) is 25.2 Å². The van der Waals surface area contributed by atoms with Gasteiger partial charge in [0, 0.05) is 31.5 Å². The Hall–Kier alpha value is -2.93. The number of hydrogen-bond acceptors (Lipinski definition) is 5. The monoisotopic (exact) mass is 384 g/mol.